The zero-order valence-corrected chi connectivity index (χ0v) is 19.7. The van der Waals surface area contributed by atoms with Crippen LogP contribution in [-0.2, 0) is 13.1 Å². The van der Waals surface area contributed by atoms with E-state index in [0.717, 1.165) is 0 Å². The highest BCUT2D eigenvalue weighted by Crippen LogP contribution is 2.16. The Kier molecular flexibility index (Phi) is 6.37. The first-order valence-corrected chi connectivity index (χ1v) is 11.3. The van der Waals surface area contributed by atoms with Gasteiger partial charge in [0.05, 0.1) is 17.4 Å². The molecule has 0 aliphatic heterocycles. The normalized spacial score (nSPS) is 11.7. The first-order valence-electron chi connectivity index (χ1n) is 11.3. The van der Waals surface area contributed by atoms with Gasteiger partial charge in [0.15, 0.2) is 0 Å². The standard InChI is InChI=1S/C25H28FN5O3/c1-15(2)12-27-22(32)18-8-9-20-21(11-18)31-24(29(23(20)33)13-16(3)4)28-30(25(31)34)14-17-6-5-7-19(26)10-17/h5-11,15-16H,12-14H2,1-4H3,(H,27,32). The Hall–Kier alpha value is -3.75. The molecule has 2 heterocycles. The third-order valence-electron chi connectivity index (χ3n) is 5.48. The highest BCUT2D eigenvalue weighted by molar-refractivity contribution is 5.98. The van der Waals surface area contributed by atoms with Gasteiger partial charge in [0.1, 0.15) is 5.82 Å². The maximum absolute atomic E-state index is 13.7. The lowest BCUT2D eigenvalue weighted by Crippen LogP contribution is -2.29. The molecule has 34 heavy (non-hydrogen) atoms. The minimum absolute atomic E-state index is 0.0458. The molecule has 0 atom stereocenters. The van der Waals surface area contributed by atoms with E-state index in [1.807, 2.05) is 27.7 Å². The third-order valence-corrected chi connectivity index (χ3v) is 5.48. The van der Waals surface area contributed by atoms with Gasteiger partial charge in [-0.2, -0.15) is 0 Å². The number of carbonyl (C=O) groups is 1. The first-order chi connectivity index (χ1) is 16.2. The lowest BCUT2D eigenvalue weighted by Gasteiger charge is -2.13. The number of carbonyl (C=O) groups excluding carboxylic acids is 1. The zero-order chi connectivity index (χ0) is 24.6. The van der Waals surface area contributed by atoms with Gasteiger partial charge in [-0.3, -0.25) is 14.2 Å². The number of aromatic nitrogens is 4. The van der Waals surface area contributed by atoms with Gasteiger partial charge in [-0.25, -0.2) is 18.3 Å². The fraction of sp³-hybridized carbons (Fsp3) is 0.360. The molecular formula is C25H28FN5O3. The van der Waals surface area contributed by atoms with Crippen LogP contribution in [0, 0.1) is 17.7 Å². The molecule has 8 nitrogen and oxygen atoms in total. The lowest BCUT2D eigenvalue weighted by atomic mass is 10.1. The minimum Gasteiger partial charge on any atom is -0.352 e. The summed E-state index contributed by atoms with van der Waals surface area (Å²) in [5, 5.41) is 7.62. The molecule has 9 heteroatoms. The Balaban J connectivity index is 1.94. The van der Waals surface area contributed by atoms with Gasteiger partial charge in [-0.15, -0.1) is 5.10 Å². The second kappa shape index (κ2) is 9.24. The summed E-state index contributed by atoms with van der Waals surface area (Å²) in [6, 6.07) is 10.7. The Labute approximate surface area is 195 Å². The number of hydrogen-bond donors (Lipinski definition) is 1. The van der Waals surface area contributed by atoms with E-state index in [1.54, 1.807) is 30.3 Å². The van der Waals surface area contributed by atoms with Gasteiger partial charge in [0.2, 0.25) is 5.78 Å². The maximum Gasteiger partial charge on any atom is 0.352 e. The molecule has 0 aliphatic carbocycles. The van der Waals surface area contributed by atoms with Crippen LogP contribution in [0.25, 0.3) is 16.7 Å². The van der Waals surface area contributed by atoms with Crippen molar-refractivity contribution in [2.24, 2.45) is 11.8 Å². The van der Waals surface area contributed by atoms with Crippen LogP contribution < -0.4 is 16.6 Å². The van der Waals surface area contributed by atoms with E-state index < -0.39 is 11.5 Å². The molecule has 0 unspecified atom stereocenters. The average Bonchev–Trinajstić information content (AvgIpc) is 3.10. The molecule has 178 valence electrons. The van der Waals surface area contributed by atoms with E-state index in [9.17, 15) is 18.8 Å². The molecular weight excluding hydrogens is 437 g/mol. The molecule has 0 saturated heterocycles. The van der Waals surface area contributed by atoms with Crippen LogP contribution in [0.3, 0.4) is 0 Å². The SMILES string of the molecule is CC(C)CNC(=O)c1ccc2c(=O)n(CC(C)C)c3nn(Cc4cccc(F)c4)c(=O)n3c2c1. The first kappa shape index (κ1) is 23.4. The predicted octanol–water partition coefficient (Wildman–Crippen LogP) is 3.04. The molecule has 0 fully saturated rings. The Morgan fingerprint density at radius 3 is 2.50 bits per heavy atom. The van der Waals surface area contributed by atoms with Gasteiger partial charge in [-0.1, -0.05) is 39.8 Å². The summed E-state index contributed by atoms with van der Waals surface area (Å²) in [5.74, 6) is -0.0947. The average molecular weight is 466 g/mol. The van der Waals surface area contributed by atoms with Gasteiger partial charge >= 0.3 is 5.69 Å². The number of benzene rings is 2. The number of rotatable bonds is 7. The van der Waals surface area contributed by atoms with E-state index in [4.69, 9.17) is 0 Å². The van der Waals surface area contributed by atoms with Gasteiger partial charge in [0.25, 0.3) is 11.5 Å². The van der Waals surface area contributed by atoms with E-state index in [2.05, 4.69) is 10.4 Å². The summed E-state index contributed by atoms with van der Waals surface area (Å²) >= 11 is 0. The Bertz CT molecular complexity index is 1500. The number of fused-ring (bicyclic) bond motifs is 3. The van der Waals surface area contributed by atoms with Gasteiger partial charge in [0, 0.05) is 18.7 Å². The van der Waals surface area contributed by atoms with Crippen molar-refractivity contribution in [3.63, 3.8) is 0 Å². The number of nitrogens with one attached hydrogen (secondary N) is 1. The molecule has 0 bridgehead atoms. The highest BCUT2D eigenvalue weighted by atomic mass is 19.1. The summed E-state index contributed by atoms with van der Waals surface area (Å²) in [5.41, 5.74) is 0.476. The van der Waals surface area contributed by atoms with Crippen LogP contribution in [-0.4, -0.2) is 31.2 Å². The molecule has 4 aromatic rings. The topological polar surface area (TPSA) is 90.4 Å². The summed E-state index contributed by atoms with van der Waals surface area (Å²) in [6.45, 7) is 8.85. The summed E-state index contributed by atoms with van der Waals surface area (Å²) in [6.07, 6.45) is 0. The minimum atomic E-state index is -0.471. The van der Waals surface area contributed by atoms with Crippen molar-refractivity contribution < 1.29 is 9.18 Å². The van der Waals surface area contributed by atoms with Crippen molar-refractivity contribution in [3.05, 3.63) is 80.2 Å². The second-order valence-corrected chi connectivity index (χ2v) is 9.35. The van der Waals surface area contributed by atoms with Gasteiger partial charge < -0.3 is 5.32 Å². The van der Waals surface area contributed by atoms with Crippen molar-refractivity contribution in [1.29, 1.82) is 0 Å². The van der Waals surface area contributed by atoms with E-state index >= 15 is 0 Å². The Morgan fingerprint density at radius 1 is 1.06 bits per heavy atom. The second-order valence-electron chi connectivity index (χ2n) is 9.35. The third kappa shape index (κ3) is 4.50. The van der Waals surface area contributed by atoms with Crippen molar-refractivity contribution in [3.8, 4) is 0 Å². The summed E-state index contributed by atoms with van der Waals surface area (Å²) < 4.78 is 17.7. The van der Waals surface area contributed by atoms with Crippen LogP contribution in [0.4, 0.5) is 4.39 Å². The molecule has 0 radical (unpaired) electrons. The highest BCUT2D eigenvalue weighted by Gasteiger charge is 2.20. The van der Waals surface area contributed by atoms with Crippen LogP contribution in [0.1, 0.15) is 43.6 Å². The molecule has 0 saturated carbocycles. The lowest BCUT2D eigenvalue weighted by molar-refractivity contribution is 0.0949. The largest absolute Gasteiger partial charge is 0.352 e. The van der Waals surface area contributed by atoms with E-state index in [0.29, 0.717) is 35.1 Å². The van der Waals surface area contributed by atoms with Crippen LogP contribution in [0.5, 0.6) is 0 Å². The number of hydrogen-bond acceptors (Lipinski definition) is 4. The fourth-order valence-electron chi connectivity index (χ4n) is 3.90. The predicted molar refractivity (Wildman–Crippen MR) is 129 cm³/mol. The van der Waals surface area contributed by atoms with Crippen molar-refractivity contribution >= 4 is 22.6 Å². The monoisotopic (exact) mass is 465 g/mol. The quantitative estimate of drug-likeness (QED) is 0.454. The van der Waals surface area contributed by atoms with E-state index in [1.165, 1.54) is 25.8 Å². The molecule has 0 aliphatic rings. The smallest absolute Gasteiger partial charge is 0.352 e. The van der Waals surface area contributed by atoms with Crippen molar-refractivity contribution in [1.82, 2.24) is 24.1 Å². The van der Waals surface area contributed by atoms with Crippen molar-refractivity contribution in [2.45, 2.75) is 40.8 Å². The van der Waals surface area contributed by atoms with E-state index in [-0.39, 0.29) is 35.6 Å². The molecule has 1 amide bonds. The maximum atomic E-state index is 13.7. The fourth-order valence-corrected chi connectivity index (χ4v) is 3.90. The van der Waals surface area contributed by atoms with Crippen molar-refractivity contribution in [2.75, 3.05) is 6.54 Å². The molecule has 1 N–H and O–H groups in total. The van der Waals surface area contributed by atoms with Crippen LogP contribution >= 0.6 is 0 Å². The molecule has 0 spiro atoms. The van der Waals surface area contributed by atoms with Gasteiger partial charge in [-0.05, 0) is 47.7 Å². The van der Waals surface area contributed by atoms with Crippen LogP contribution in [0.2, 0.25) is 0 Å². The number of nitrogens with zero attached hydrogens (tertiary/aromatic N) is 4. The summed E-state index contributed by atoms with van der Waals surface area (Å²) in [4.78, 5) is 39.4. The molecule has 4 rings (SSSR count). The number of halogens is 1. The zero-order valence-electron chi connectivity index (χ0n) is 19.7. The molecule has 2 aromatic carbocycles. The number of amides is 1. The Morgan fingerprint density at radius 2 is 1.82 bits per heavy atom. The summed E-state index contributed by atoms with van der Waals surface area (Å²) in [7, 11) is 0. The van der Waals surface area contributed by atoms with Crippen LogP contribution in [0.15, 0.2) is 52.1 Å². The molecule has 2 aromatic heterocycles.